The van der Waals surface area contributed by atoms with Crippen molar-refractivity contribution in [2.24, 2.45) is 0 Å². The van der Waals surface area contributed by atoms with E-state index in [1.807, 2.05) is 11.8 Å². The first kappa shape index (κ1) is 12.2. The zero-order valence-electron chi connectivity index (χ0n) is 9.24. The molecule has 1 aromatic rings. The maximum Gasteiger partial charge on any atom is 0.371 e. The molecule has 0 aliphatic rings. The minimum Gasteiger partial charge on any atom is -0.475 e. The number of furan rings is 1. The Labute approximate surface area is 93.9 Å². The molecule has 0 saturated heterocycles. The van der Waals surface area contributed by atoms with Gasteiger partial charge >= 0.3 is 5.97 Å². The maximum absolute atomic E-state index is 10.7. The van der Waals surface area contributed by atoms with Gasteiger partial charge < -0.3 is 9.52 Å². The van der Waals surface area contributed by atoms with Crippen molar-refractivity contribution < 1.29 is 14.3 Å². The summed E-state index contributed by atoms with van der Waals surface area (Å²) in [6.45, 7) is 6.11. The standard InChI is InChI=1S/C11H16O3S/c1-4-7(2)15-6-9-5-10(11(12)13)14-8(9)3/h5,7H,4,6H2,1-3H3,(H,12,13)/t7-/m1/s1. The van der Waals surface area contributed by atoms with Gasteiger partial charge in [0, 0.05) is 16.6 Å². The van der Waals surface area contributed by atoms with Gasteiger partial charge in [-0.15, -0.1) is 0 Å². The number of carbonyl (C=O) groups is 1. The van der Waals surface area contributed by atoms with E-state index in [1.54, 1.807) is 13.0 Å². The molecule has 1 atom stereocenters. The largest absolute Gasteiger partial charge is 0.475 e. The Morgan fingerprint density at radius 2 is 2.33 bits per heavy atom. The first-order chi connectivity index (χ1) is 7.04. The smallest absolute Gasteiger partial charge is 0.371 e. The molecule has 1 rings (SSSR count). The van der Waals surface area contributed by atoms with E-state index >= 15 is 0 Å². The summed E-state index contributed by atoms with van der Waals surface area (Å²) in [6.07, 6.45) is 1.12. The Bertz CT molecular complexity index is 344. The summed E-state index contributed by atoms with van der Waals surface area (Å²) in [6, 6.07) is 1.62. The zero-order valence-corrected chi connectivity index (χ0v) is 10.1. The number of thioether (sulfide) groups is 1. The first-order valence-corrected chi connectivity index (χ1v) is 6.03. The number of carboxylic acid groups (broad SMARTS) is 1. The van der Waals surface area contributed by atoms with Gasteiger partial charge in [-0.3, -0.25) is 0 Å². The number of hydrogen-bond acceptors (Lipinski definition) is 3. The Morgan fingerprint density at radius 1 is 1.67 bits per heavy atom. The van der Waals surface area contributed by atoms with Crippen molar-refractivity contribution in [3.8, 4) is 0 Å². The van der Waals surface area contributed by atoms with Gasteiger partial charge in [-0.2, -0.15) is 11.8 Å². The van der Waals surface area contributed by atoms with Crippen LogP contribution in [0.5, 0.6) is 0 Å². The summed E-state index contributed by atoms with van der Waals surface area (Å²) in [4.78, 5) is 10.7. The van der Waals surface area contributed by atoms with E-state index in [0.717, 1.165) is 17.7 Å². The van der Waals surface area contributed by atoms with Crippen LogP contribution in [-0.4, -0.2) is 16.3 Å². The molecule has 0 saturated carbocycles. The second kappa shape index (κ2) is 5.26. The second-order valence-electron chi connectivity index (χ2n) is 3.53. The van der Waals surface area contributed by atoms with Crippen molar-refractivity contribution in [3.63, 3.8) is 0 Å². The first-order valence-electron chi connectivity index (χ1n) is 4.98. The summed E-state index contributed by atoms with van der Waals surface area (Å²) in [5, 5.41) is 9.34. The highest BCUT2D eigenvalue weighted by molar-refractivity contribution is 7.99. The zero-order chi connectivity index (χ0) is 11.4. The van der Waals surface area contributed by atoms with Crippen LogP contribution < -0.4 is 0 Å². The number of rotatable bonds is 5. The van der Waals surface area contributed by atoms with Gasteiger partial charge in [-0.05, 0) is 19.4 Å². The lowest BCUT2D eigenvalue weighted by Gasteiger charge is -2.06. The molecule has 0 bridgehead atoms. The molecule has 3 nitrogen and oxygen atoms in total. The van der Waals surface area contributed by atoms with Crippen molar-refractivity contribution in [2.75, 3.05) is 0 Å². The van der Waals surface area contributed by atoms with Crippen LogP contribution >= 0.6 is 11.8 Å². The Kier molecular flexibility index (Phi) is 4.27. The third kappa shape index (κ3) is 3.30. The Morgan fingerprint density at radius 3 is 2.80 bits per heavy atom. The molecule has 1 heterocycles. The Balaban J connectivity index is 2.65. The van der Waals surface area contributed by atoms with E-state index in [1.165, 1.54) is 0 Å². The molecule has 0 unspecified atom stereocenters. The predicted octanol–water partition coefficient (Wildman–Crippen LogP) is 3.32. The molecule has 0 amide bonds. The molecule has 0 fully saturated rings. The normalized spacial score (nSPS) is 12.7. The molecule has 84 valence electrons. The lowest BCUT2D eigenvalue weighted by Crippen LogP contribution is -1.94. The van der Waals surface area contributed by atoms with Crippen LogP contribution in [0.25, 0.3) is 0 Å². The molecule has 0 aliphatic carbocycles. The van der Waals surface area contributed by atoms with Crippen LogP contribution in [0.3, 0.4) is 0 Å². The van der Waals surface area contributed by atoms with E-state index in [2.05, 4.69) is 13.8 Å². The van der Waals surface area contributed by atoms with Crippen LogP contribution in [0.4, 0.5) is 0 Å². The average molecular weight is 228 g/mol. The lowest BCUT2D eigenvalue weighted by atomic mass is 10.3. The molecule has 4 heteroatoms. The van der Waals surface area contributed by atoms with Crippen molar-refractivity contribution in [3.05, 3.63) is 23.2 Å². The highest BCUT2D eigenvalue weighted by atomic mass is 32.2. The molecule has 1 aromatic heterocycles. The Hall–Kier alpha value is -0.900. The average Bonchev–Trinajstić information content (AvgIpc) is 2.56. The summed E-state index contributed by atoms with van der Waals surface area (Å²) in [5.41, 5.74) is 0.984. The fourth-order valence-corrected chi connectivity index (χ4v) is 2.10. The molecule has 0 aromatic carbocycles. The van der Waals surface area contributed by atoms with Crippen LogP contribution in [0.2, 0.25) is 0 Å². The number of aromatic carboxylic acids is 1. The molecular weight excluding hydrogens is 212 g/mol. The van der Waals surface area contributed by atoms with Crippen LogP contribution in [0, 0.1) is 6.92 Å². The van der Waals surface area contributed by atoms with E-state index in [0.29, 0.717) is 11.0 Å². The van der Waals surface area contributed by atoms with Crippen LogP contribution in [0.1, 0.15) is 42.1 Å². The SMILES string of the molecule is CC[C@@H](C)SCc1cc(C(=O)O)oc1C. The highest BCUT2D eigenvalue weighted by Gasteiger charge is 2.13. The number of aryl methyl sites for hydroxylation is 1. The minimum absolute atomic E-state index is 0.0345. The third-order valence-electron chi connectivity index (χ3n) is 2.33. The van der Waals surface area contributed by atoms with Gasteiger partial charge in [0.05, 0.1) is 0 Å². The fourth-order valence-electron chi connectivity index (χ4n) is 1.12. The quantitative estimate of drug-likeness (QED) is 0.840. The van der Waals surface area contributed by atoms with Crippen molar-refractivity contribution in [2.45, 2.75) is 38.2 Å². The molecule has 15 heavy (non-hydrogen) atoms. The molecular formula is C11H16O3S. The second-order valence-corrected chi connectivity index (χ2v) is 4.95. The van der Waals surface area contributed by atoms with Crippen LogP contribution in [0.15, 0.2) is 10.5 Å². The third-order valence-corrected chi connectivity index (χ3v) is 3.71. The summed E-state index contributed by atoms with van der Waals surface area (Å²) in [7, 11) is 0. The molecule has 0 spiro atoms. The number of hydrogen-bond donors (Lipinski definition) is 1. The summed E-state index contributed by atoms with van der Waals surface area (Å²) in [5.74, 6) is 0.561. The van der Waals surface area contributed by atoms with E-state index in [-0.39, 0.29) is 5.76 Å². The van der Waals surface area contributed by atoms with Crippen molar-refractivity contribution in [1.29, 1.82) is 0 Å². The minimum atomic E-state index is -1.00. The maximum atomic E-state index is 10.7. The highest BCUT2D eigenvalue weighted by Crippen LogP contribution is 2.24. The van der Waals surface area contributed by atoms with Crippen molar-refractivity contribution >= 4 is 17.7 Å². The monoisotopic (exact) mass is 228 g/mol. The van der Waals surface area contributed by atoms with E-state index in [9.17, 15) is 4.79 Å². The summed E-state index contributed by atoms with van der Waals surface area (Å²) < 4.78 is 5.13. The van der Waals surface area contributed by atoms with Gasteiger partial charge in [0.25, 0.3) is 0 Å². The van der Waals surface area contributed by atoms with E-state index < -0.39 is 5.97 Å². The summed E-state index contributed by atoms with van der Waals surface area (Å²) >= 11 is 1.82. The van der Waals surface area contributed by atoms with Gasteiger partial charge in [-0.25, -0.2) is 4.79 Å². The van der Waals surface area contributed by atoms with Gasteiger partial charge in [0.2, 0.25) is 5.76 Å². The van der Waals surface area contributed by atoms with Crippen LogP contribution in [-0.2, 0) is 5.75 Å². The van der Waals surface area contributed by atoms with E-state index in [4.69, 9.17) is 9.52 Å². The number of carboxylic acids is 1. The molecule has 1 N–H and O–H groups in total. The molecule has 0 radical (unpaired) electrons. The predicted molar refractivity (Wildman–Crippen MR) is 61.5 cm³/mol. The van der Waals surface area contributed by atoms with Gasteiger partial charge in [0.1, 0.15) is 5.76 Å². The van der Waals surface area contributed by atoms with Crippen molar-refractivity contribution in [1.82, 2.24) is 0 Å². The fraction of sp³-hybridized carbons (Fsp3) is 0.545. The lowest BCUT2D eigenvalue weighted by molar-refractivity contribution is 0.0661. The topological polar surface area (TPSA) is 50.4 Å². The molecule has 0 aliphatic heterocycles. The van der Waals surface area contributed by atoms with Gasteiger partial charge in [0.15, 0.2) is 0 Å². The van der Waals surface area contributed by atoms with Gasteiger partial charge in [-0.1, -0.05) is 13.8 Å².